The average molecular weight is 415 g/mol. The summed E-state index contributed by atoms with van der Waals surface area (Å²) in [4.78, 5) is 0. The molecule has 1 saturated heterocycles. The third kappa shape index (κ3) is 12.7. The Morgan fingerprint density at radius 1 is 0.897 bits per heavy atom. The molecule has 0 spiro atoms. The average Bonchev–Trinajstić information content (AvgIpc) is 3.10. The Morgan fingerprint density at radius 3 is 2.00 bits per heavy atom. The van der Waals surface area contributed by atoms with Crippen molar-refractivity contribution in [1.82, 2.24) is 0 Å². The fourth-order valence-electron chi connectivity index (χ4n) is 3.85. The quantitative estimate of drug-likeness (QED) is 0.214. The Morgan fingerprint density at radius 2 is 1.45 bits per heavy atom. The molecule has 5 heteroatoms. The van der Waals surface area contributed by atoms with Crippen LogP contribution in [0.15, 0.2) is 12.2 Å². The van der Waals surface area contributed by atoms with E-state index in [1.54, 1.807) is 0 Å². The van der Waals surface area contributed by atoms with Gasteiger partial charge in [0.05, 0.1) is 19.8 Å². The molecule has 1 rings (SSSR count). The molecule has 172 valence electrons. The molecule has 0 aliphatic carbocycles. The summed E-state index contributed by atoms with van der Waals surface area (Å²) in [5.74, 6) is 0. The molecular weight excluding hydrogens is 368 g/mol. The SMILES string of the molecule is CCCCCCCCCCCCCCC/C=C/CO[C@H]1CO[C@H]([C@H](O)CO)[C@@H]1O. The lowest BCUT2D eigenvalue weighted by Crippen LogP contribution is -2.41. The van der Waals surface area contributed by atoms with E-state index in [9.17, 15) is 10.2 Å². The van der Waals surface area contributed by atoms with Gasteiger partial charge in [-0.2, -0.15) is 0 Å². The van der Waals surface area contributed by atoms with E-state index in [2.05, 4.69) is 13.0 Å². The van der Waals surface area contributed by atoms with Gasteiger partial charge in [-0.25, -0.2) is 0 Å². The summed E-state index contributed by atoms with van der Waals surface area (Å²) >= 11 is 0. The Kier molecular flexibility index (Phi) is 16.8. The number of hydrogen-bond donors (Lipinski definition) is 3. The molecule has 1 aliphatic rings. The second-order valence-electron chi connectivity index (χ2n) is 8.41. The Hall–Kier alpha value is -0.460. The molecule has 0 aromatic rings. The smallest absolute Gasteiger partial charge is 0.114 e. The molecule has 1 fully saturated rings. The minimum absolute atomic E-state index is 0.246. The third-order valence-electron chi connectivity index (χ3n) is 5.78. The number of aliphatic hydroxyl groups is 3. The van der Waals surface area contributed by atoms with E-state index in [1.165, 1.54) is 83.5 Å². The Labute approximate surface area is 178 Å². The van der Waals surface area contributed by atoms with Crippen molar-refractivity contribution < 1.29 is 24.8 Å². The summed E-state index contributed by atoms with van der Waals surface area (Å²) in [5.41, 5.74) is 0. The fraction of sp³-hybridized carbons (Fsp3) is 0.917. The van der Waals surface area contributed by atoms with Crippen LogP contribution in [0.4, 0.5) is 0 Å². The van der Waals surface area contributed by atoms with E-state index in [1.807, 2.05) is 6.08 Å². The standard InChI is InChI=1S/C24H46O5/c1-2-3-4-5-6-7-8-9-10-11-12-13-14-15-16-17-18-28-22-20-29-24(23(22)27)21(26)19-25/h16-17,21-27H,2-15,18-20H2,1H3/b17-16+/t21-,22+,23-,24-/m1/s1. The maximum absolute atomic E-state index is 10.0. The third-order valence-corrected chi connectivity index (χ3v) is 5.78. The number of unbranched alkanes of at least 4 members (excludes halogenated alkanes) is 13. The predicted octanol–water partition coefficient (Wildman–Crippen LogP) is 4.52. The van der Waals surface area contributed by atoms with Gasteiger partial charge in [0, 0.05) is 0 Å². The molecular formula is C24H46O5. The molecule has 0 amide bonds. The second-order valence-corrected chi connectivity index (χ2v) is 8.41. The van der Waals surface area contributed by atoms with Crippen molar-refractivity contribution in [1.29, 1.82) is 0 Å². The Bertz CT molecular complexity index is 387. The van der Waals surface area contributed by atoms with Crippen molar-refractivity contribution in [3.05, 3.63) is 12.2 Å². The minimum atomic E-state index is -1.07. The highest BCUT2D eigenvalue weighted by Gasteiger charge is 2.40. The van der Waals surface area contributed by atoms with E-state index >= 15 is 0 Å². The molecule has 29 heavy (non-hydrogen) atoms. The molecule has 0 aromatic heterocycles. The van der Waals surface area contributed by atoms with Crippen LogP contribution in [0.5, 0.6) is 0 Å². The van der Waals surface area contributed by atoms with E-state index < -0.39 is 31.0 Å². The molecule has 0 saturated carbocycles. The normalized spacial score (nSPS) is 23.2. The molecule has 1 aliphatic heterocycles. The summed E-state index contributed by atoms with van der Waals surface area (Å²) in [6, 6.07) is 0. The molecule has 5 nitrogen and oxygen atoms in total. The van der Waals surface area contributed by atoms with Crippen LogP contribution in [0.2, 0.25) is 0 Å². The van der Waals surface area contributed by atoms with E-state index in [-0.39, 0.29) is 6.61 Å². The first-order chi connectivity index (χ1) is 14.2. The summed E-state index contributed by atoms with van der Waals surface area (Å²) in [6.07, 6.45) is 19.9. The monoisotopic (exact) mass is 414 g/mol. The van der Waals surface area contributed by atoms with Gasteiger partial charge in [-0.3, -0.25) is 0 Å². The van der Waals surface area contributed by atoms with Crippen LogP contribution >= 0.6 is 0 Å². The number of aliphatic hydroxyl groups excluding tert-OH is 3. The maximum Gasteiger partial charge on any atom is 0.114 e. The highest BCUT2D eigenvalue weighted by Crippen LogP contribution is 2.20. The minimum Gasteiger partial charge on any atom is -0.394 e. The summed E-state index contributed by atoms with van der Waals surface area (Å²) in [5, 5.41) is 28.5. The van der Waals surface area contributed by atoms with Gasteiger partial charge in [-0.05, 0) is 12.8 Å². The van der Waals surface area contributed by atoms with Gasteiger partial charge < -0.3 is 24.8 Å². The number of rotatable bonds is 19. The molecule has 0 radical (unpaired) electrons. The van der Waals surface area contributed by atoms with E-state index in [0.29, 0.717) is 6.61 Å². The lowest BCUT2D eigenvalue weighted by molar-refractivity contribution is -0.0716. The van der Waals surface area contributed by atoms with Gasteiger partial charge >= 0.3 is 0 Å². The molecule has 0 unspecified atom stereocenters. The molecule has 1 heterocycles. The summed E-state index contributed by atoms with van der Waals surface area (Å²) in [7, 11) is 0. The number of allylic oxidation sites excluding steroid dienone is 1. The highest BCUT2D eigenvalue weighted by atomic mass is 16.6. The van der Waals surface area contributed by atoms with E-state index in [0.717, 1.165) is 6.42 Å². The summed E-state index contributed by atoms with van der Waals surface area (Å²) in [6.45, 7) is 2.53. The second kappa shape index (κ2) is 18.3. The number of ether oxygens (including phenoxy) is 2. The van der Waals surface area contributed by atoms with Crippen LogP contribution in [0.1, 0.15) is 96.8 Å². The zero-order valence-electron chi connectivity index (χ0n) is 18.6. The van der Waals surface area contributed by atoms with Gasteiger partial charge in [-0.1, -0.05) is 96.1 Å². The molecule has 0 aromatic carbocycles. The van der Waals surface area contributed by atoms with Crippen molar-refractivity contribution in [2.45, 2.75) is 121 Å². The zero-order chi connectivity index (χ0) is 21.2. The predicted molar refractivity (Wildman–Crippen MR) is 118 cm³/mol. The fourth-order valence-corrected chi connectivity index (χ4v) is 3.85. The van der Waals surface area contributed by atoms with Crippen molar-refractivity contribution in [3.8, 4) is 0 Å². The number of hydrogen-bond acceptors (Lipinski definition) is 5. The van der Waals surface area contributed by atoms with Gasteiger partial charge in [0.15, 0.2) is 0 Å². The first-order valence-corrected chi connectivity index (χ1v) is 12.1. The van der Waals surface area contributed by atoms with Crippen LogP contribution in [0.25, 0.3) is 0 Å². The highest BCUT2D eigenvalue weighted by molar-refractivity contribution is 4.90. The van der Waals surface area contributed by atoms with Gasteiger partial charge in [0.2, 0.25) is 0 Å². The van der Waals surface area contributed by atoms with Gasteiger partial charge in [0.1, 0.15) is 24.4 Å². The van der Waals surface area contributed by atoms with Gasteiger partial charge in [-0.15, -0.1) is 0 Å². The largest absolute Gasteiger partial charge is 0.394 e. The molecule has 4 atom stereocenters. The maximum atomic E-state index is 10.0. The molecule has 0 bridgehead atoms. The van der Waals surface area contributed by atoms with Crippen molar-refractivity contribution in [3.63, 3.8) is 0 Å². The Balaban J connectivity index is 1.84. The first kappa shape index (κ1) is 26.6. The molecule has 3 N–H and O–H groups in total. The summed E-state index contributed by atoms with van der Waals surface area (Å²) < 4.78 is 10.9. The van der Waals surface area contributed by atoms with Crippen LogP contribution in [0.3, 0.4) is 0 Å². The van der Waals surface area contributed by atoms with Crippen LogP contribution in [0, 0.1) is 0 Å². The van der Waals surface area contributed by atoms with Crippen LogP contribution in [-0.2, 0) is 9.47 Å². The zero-order valence-corrected chi connectivity index (χ0v) is 18.6. The van der Waals surface area contributed by atoms with Crippen molar-refractivity contribution in [2.75, 3.05) is 19.8 Å². The topological polar surface area (TPSA) is 79.2 Å². The first-order valence-electron chi connectivity index (χ1n) is 12.1. The van der Waals surface area contributed by atoms with Crippen molar-refractivity contribution in [2.24, 2.45) is 0 Å². The van der Waals surface area contributed by atoms with Gasteiger partial charge in [0.25, 0.3) is 0 Å². The lowest BCUT2D eigenvalue weighted by atomic mass is 10.0. The van der Waals surface area contributed by atoms with Crippen LogP contribution in [-0.4, -0.2) is 59.6 Å². The lowest BCUT2D eigenvalue weighted by Gasteiger charge is -2.20. The van der Waals surface area contributed by atoms with Crippen LogP contribution < -0.4 is 0 Å². The van der Waals surface area contributed by atoms with Crippen molar-refractivity contribution >= 4 is 0 Å². The van der Waals surface area contributed by atoms with E-state index in [4.69, 9.17) is 14.6 Å².